The number of halogens is 1. The van der Waals surface area contributed by atoms with Gasteiger partial charge in [0.2, 0.25) is 0 Å². The molecule has 0 aromatic heterocycles. The molecule has 2 unspecified atom stereocenters. The molecule has 1 aromatic rings. The minimum Gasteiger partial charge on any atom is -0.398 e. The molecule has 1 saturated carbocycles. The molecule has 3 nitrogen and oxygen atoms in total. The van der Waals surface area contributed by atoms with E-state index in [0.29, 0.717) is 22.2 Å². The Kier molecular flexibility index (Phi) is 4.07. The van der Waals surface area contributed by atoms with Crippen LogP contribution in [0.25, 0.3) is 0 Å². The Morgan fingerprint density at radius 2 is 2.10 bits per heavy atom. The molecule has 5 heteroatoms. The van der Waals surface area contributed by atoms with Crippen LogP contribution in [0.4, 0.5) is 5.69 Å². The van der Waals surface area contributed by atoms with Crippen molar-refractivity contribution in [1.29, 1.82) is 0 Å². The zero-order valence-corrected chi connectivity index (χ0v) is 13.0. The number of anilines is 1. The molecule has 1 aromatic carbocycles. The lowest BCUT2D eigenvalue weighted by molar-refractivity contribution is -0.0708. The fourth-order valence-corrected chi connectivity index (χ4v) is 5.51. The lowest BCUT2D eigenvalue weighted by Gasteiger charge is -2.38. The summed E-state index contributed by atoms with van der Waals surface area (Å²) in [4.78, 5) is 0.606. The van der Waals surface area contributed by atoms with Crippen LogP contribution in [0.15, 0.2) is 23.1 Å². The minimum absolute atomic E-state index is 0.0331. The zero-order valence-electron chi connectivity index (χ0n) is 11.4. The Balaban J connectivity index is 1.83. The summed E-state index contributed by atoms with van der Waals surface area (Å²) in [5.41, 5.74) is 6.46. The first kappa shape index (κ1) is 14.4. The number of ether oxygens (including phenoxy) is 1. The van der Waals surface area contributed by atoms with E-state index in [1.54, 1.807) is 18.2 Å². The third kappa shape index (κ3) is 2.61. The fraction of sp³-hybridized carbons (Fsp3) is 0.600. The molecular formula is C15H20ClNO2S. The lowest BCUT2D eigenvalue weighted by atomic mass is 9.92. The summed E-state index contributed by atoms with van der Waals surface area (Å²) in [5.74, 6) is 0. The summed E-state index contributed by atoms with van der Waals surface area (Å²) in [5, 5.41) is 0.611. The van der Waals surface area contributed by atoms with Crippen LogP contribution in [0, 0.1) is 0 Å². The lowest BCUT2D eigenvalue weighted by Crippen LogP contribution is -2.41. The summed E-state index contributed by atoms with van der Waals surface area (Å²) in [6.07, 6.45) is 6.31. The molecule has 20 heavy (non-hydrogen) atoms. The van der Waals surface area contributed by atoms with Gasteiger partial charge in [0.05, 0.1) is 26.3 Å². The van der Waals surface area contributed by atoms with Gasteiger partial charge in [-0.2, -0.15) is 0 Å². The first-order chi connectivity index (χ1) is 9.61. The van der Waals surface area contributed by atoms with E-state index in [9.17, 15) is 4.21 Å². The van der Waals surface area contributed by atoms with Gasteiger partial charge < -0.3 is 10.5 Å². The fourth-order valence-electron chi connectivity index (χ4n) is 3.44. The summed E-state index contributed by atoms with van der Waals surface area (Å²) in [6, 6.07) is 5.32. The van der Waals surface area contributed by atoms with E-state index in [0.717, 1.165) is 25.7 Å². The monoisotopic (exact) mass is 313 g/mol. The molecule has 0 amide bonds. The van der Waals surface area contributed by atoms with Crippen LogP contribution in [0.3, 0.4) is 0 Å². The van der Waals surface area contributed by atoms with Crippen LogP contribution in [-0.4, -0.2) is 21.7 Å². The average molecular weight is 314 g/mol. The van der Waals surface area contributed by atoms with E-state index in [-0.39, 0.29) is 10.9 Å². The third-order valence-corrected chi connectivity index (χ3v) is 6.76. The predicted octanol–water partition coefficient (Wildman–Crippen LogP) is 3.52. The number of rotatable bonds is 2. The second-order valence-corrected chi connectivity index (χ2v) is 7.89. The van der Waals surface area contributed by atoms with Gasteiger partial charge in [0.25, 0.3) is 0 Å². The van der Waals surface area contributed by atoms with E-state index < -0.39 is 10.8 Å². The highest BCUT2D eigenvalue weighted by Gasteiger charge is 2.42. The molecular weight excluding hydrogens is 294 g/mol. The number of nitrogen functional groups attached to an aromatic ring is 1. The number of hydrogen-bond acceptors (Lipinski definition) is 3. The SMILES string of the molecule is Nc1cccc(Cl)c1S(=O)C1CCOC2(CCCC2)C1. The zero-order chi connectivity index (χ0) is 14.2. The van der Waals surface area contributed by atoms with Crippen molar-refractivity contribution in [1.82, 2.24) is 0 Å². The van der Waals surface area contributed by atoms with Crippen molar-refractivity contribution in [2.75, 3.05) is 12.3 Å². The molecule has 0 bridgehead atoms. The topological polar surface area (TPSA) is 52.3 Å². The highest BCUT2D eigenvalue weighted by Crippen LogP contribution is 2.42. The Morgan fingerprint density at radius 3 is 2.80 bits per heavy atom. The quantitative estimate of drug-likeness (QED) is 0.850. The normalized spacial score (nSPS) is 26.8. The van der Waals surface area contributed by atoms with Gasteiger partial charge in [0.15, 0.2) is 0 Å². The van der Waals surface area contributed by atoms with Crippen LogP contribution < -0.4 is 5.73 Å². The molecule has 2 atom stereocenters. The second kappa shape index (κ2) is 5.66. The second-order valence-electron chi connectivity index (χ2n) is 5.81. The standard InChI is InChI=1S/C15H20ClNO2S/c16-12-4-3-5-13(17)14(12)20(18)11-6-9-19-15(10-11)7-1-2-8-15/h3-5,11H,1-2,6-10,17H2. The predicted molar refractivity (Wildman–Crippen MR) is 82.4 cm³/mol. The van der Waals surface area contributed by atoms with Crippen molar-refractivity contribution in [3.63, 3.8) is 0 Å². The maximum absolute atomic E-state index is 12.9. The van der Waals surface area contributed by atoms with Gasteiger partial charge >= 0.3 is 0 Å². The van der Waals surface area contributed by atoms with Crippen LogP contribution in [0.5, 0.6) is 0 Å². The molecule has 2 N–H and O–H groups in total. The van der Waals surface area contributed by atoms with Gasteiger partial charge in [-0.3, -0.25) is 4.21 Å². The number of benzene rings is 1. The van der Waals surface area contributed by atoms with E-state index >= 15 is 0 Å². The first-order valence-electron chi connectivity index (χ1n) is 7.20. The van der Waals surface area contributed by atoms with Crippen molar-refractivity contribution in [2.24, 2.45) is 0 Å². The van der Waals surface area contributed by atoms with Crippen LogP contribution in [0.2, 0.25) is 5.02 Å². The van der Waals surface area contributed by atoms with Crippen LogP contribution in [0.1, 0.15) is 38.5 Å². The molecule has 2 fully saturated rings. The average Bonchev–Trinajstić information content (AvgIpc) is 2.86. The number of hydrogen-bond donors (Lipinski definition) is 1. The molecule has 1 heterocycles. The van der Waals surface area contributed by atoms with E-state index in [1.165, 1.54) is 12.8 Å². The smallest absolute Gasteiger partial charge is 0.0806 e. The summed E-state index contributed by atoms with van der Waals surface area (Å²) in [7, 11) is -1.15. The van der Waals surface area contributed by atoms with E-state index in [4.69, 9.17) is 22.1 Å². The molecule has 1 spiro atoms. The van der Waals surface area contributed by atoms with Crippen LogP contribution in [-0.2, 0) is 15.5 Å². The van der Waals surface area contributed by atoms with Crippen molar-refractivity contribution in [2.45, 2.75) is 54.3 Å². The van der Waals surface area contributed by atoms with Gasteiger partial charge in [-0.25, -0.2) is 0 Å². The highest BCUT2D eigenvalue weighted by molar-refractivity contribution is 7.86. The number of nitrogens with two attached hydrogens (primary N) is 1. The molecule has 3 rings (SSSR count). The van der Waals surface area contributed by atoms with Crippen LogP contribution >= 0.6 is 11.6 Å². The van der Waals surface area contributed by atoms with E-state index in [2.05, 4.69) is 0 Å². The molecule has 2 aliphatic rings. The van der Waals surface area contributed by atoms with E-state index in [1.807, 2.05) is 0 Å². The van der Waals surface area contributed by atoms with Crippen molar-refractivity contribution in [3.8, 4) is 0 Å². The molecule has 0 radical (unpaired) electrons. The highest BCUT2D eigenvalue weighted by atomic mass is 35.5. The largest absolute Gasteiger partial charge is 0.398 e. The molecule has 110 valence electrons. The van der Waals surface area contributed by atoms with Gasteiger partial charge in [-0.15, -0.1) is 0 Å². The third-order valence-electron chi connectivity index (χ3n) is 4.46. The Morgan fingerprint density at radius 1 is 1.35 bits per heavy atom. The van der Waals surface area contributed by atoms with Crippen molar-refractivity contribution in [3.05, 3.63) is 23.2 Å². The minimum atomic E-state index is -1.15. The van der Waals surface area contributed by atoms with Gasteiger partial charge in [0.1, 0.15) is 0 Å². The first-order valence-corrected chi connectivity index (χ1v) is 8.79. The Labute approximate surface area is 127 Å². The Bertz CT molecular complexity index is 508. The molecule has 1 aliphatic heterocycles. The van der Waals surface area contributed by atoms with Crippen molar-refractivity contribution < 1.29 is 8.95 Å². The van der Waals surface area contributed by atoms with Gasteiger partial charge in [-0.1, -0.05) is 30.5 Å². The maximum atomic E-state index is 12.9. The Hall–Kier alpha value is -0.580. The molecule has 1 saturated heterocycles. The summed E-state index contributed by atoms with van der Waals surface area (Å²) >= 11 is 6.19. The summed E-state index contributed by atoms with van der Waals surface area (Å²) in [6.45, 7) is 0.695. The van der Waals surface area contributed by atoms with Crippen molar-refractivity contribution >= 4 is 28.1 Å². The van der Waals surface area contributed by atoms with Gasteiger partial charge in [-0.05, 0) is 37.8 Å². The molecule has 1 aliphatic carbocycles. The van der Waals surface area contributed by atoms with Gasteiger partial charge in [0, 0.05) is 17.5 Å². The maximum Gasteiger partial charge on any atom is 0.0806 e. The summed E-state index contributed by atoms with van der Waals surface area (Å²) < 4.78 is 18.9.